The lowest BCUT2D eigenvalue weighted by Crippen LogP contribution is -2.07. The zero-order valence-electron chi connectivity index (χ0n) is 4.09. The summed E-state index contributed by atoms with van der Waals surface area (Å²) in [5.74, 6) is 0. The number of hydrogen-bond acceptors (Lipinski definition) is 0. The van der Waals surface area contributed by atoms with Gasteiger partial charge in [-0.15, -0.1) is 0 Å². The number of alkyl halides is 3. The molecule has 4 heteroatoms. The second kappa shape index (κ2) is 2.40. The van der Waals surface area contributed by atoms with E-state index in [9.17, 15) is 13.2 Å². The maximum Gasteiger partial charge on any atom is 0.413 e. The molecule has 0 fully saturated rings. The fourth-order valence-electron chi connectivity index (χ4n) is 0.0619. The first-order chi connectivity index (χ1) is 3.48. The molecule has 0 rings (SSSR count). The Kier molecular flexibility index (Phi) is 2.34. The van der Waals surface area contributed by atoms with E-state index in [0.29, 0.717) is 5.54 Å². The van der Waals surface area contributed by atoms with Gasteiger partial charge in [-0.25, -0.2) is 0 Å². The van der Waals surface area contributed by atoms with E-state index in [1.807, 2.05) is 0 Å². The number of hydrogen-bond donors (Lipinski definition) is 0. The summed E-state index contributed by atoms with van der Waals surface area (Å²) in [6.45, 7) is 0.910. The van der Waals surface area contributed by atoms with Crippen LogP contribution in [0.15, 0.2) is 11.1 Å². The van der Waals surface area contributed by atoms with Gasteiger partial charge in [-0.3, -0.25) is 0 Å². The first kappa shape index (κ1) is 7.82. The summed E-state index contributed by atoms with van der Waals surface area (Å²) in [6, 6.07) is 0. The fourth-order valence-corrected chi connectivity index (χ4v) is 0.186. The lowest BCUT2D eigenvalue weighted by molar-refractivity contribution is -0.0911. The van der Waals surface area contributed by atoms with Gasteiger partial charge >= 0.3 is 6.18 Å². The van der Waals surface area contributed by atoms with Crippen LogP contribution in [0.2, 0.25) is 0 Å². The molecule has 0 bridgehead atoms. The average Bonchev–Trinajstić information content (AvgIpc) is 1.62. The summed E-state index contributed by atoms with van der Waals surface area (Å²) in [5.41, 5.74) is -0.265. The second-order valence-electron chi connectivity index (χ2n) is 1.29. The maximum atomic E-state index is 11.3. The van der Waals surface area contributed by atoms with Gasteiger partial charge in [0.05, 0.1) is 0 Å². The topological polar surface area (TPSA) is 0 Å². The van der Waals surface area contributed by atoms with Gasteiger partial charge in [0.25, 0.3) is 0 Å². The molecule has 0 aliphatic carbocycles. The molecule has 0 unspecified atom stereocenters. The van der Waals surface area contributed by atoms with Crippen molar-refractivity contribution in [2.45, 2.75) is 13.1 Å². The quantitative estimate of drug-likeness (QED) is 0.490. The Morgan fingerprint density at radius 2 is 1.88 bits per heavy atom. The molecule has 8 heavy (non-hydrogen) atoms. The Morgan fingerprint density at radius 1 is 1.50 bits per heavy atom. The highest BCUT2D eigenvalue weighted by Crippen LogP contribution is 2.24. The second-order valence-corrected chi connectivity index (χ2v) is 1.51. The van der Waals surface area contributed by atoms with E-state index in [0.717, 1.165) is 6.92 Å². The van der Waals surface area contributed by atoms with Crippen LogP contribution >= 0.6 is 11.6 Å². The van der Waals surface area contributed by atoms with Crippen LogP contribution in [-0.2, 0) is 0 Å². The third-order valence-corrected chi connectivity index (χ3v) is 0.938. The summed E-state index contributed by atoms with van der Waals surface area (Å²) in [6.07, 6.45) is -4.26. The molecular weight excluding hydrogens is 140 g/mol. The molecule has 0 atom stereocenters. The third-order valence-electron chi connectivity index (χ3n) is 0.611. The van der Waals surface area contributed by atoms with Crippen LogP contribution in [0.3, 0.4) is 0 Å². The van der Waals surface area contributed by atoms with Gasteiger partial charge in [-0.2, -0.15) is 13.2 Å². The normalized spacial score (nSPS) is 14.4. The van der Waals surface area contributed by atoms with E-state index in [-0.39, 0.29) is 0 Å². The molecule has 0 aromatic heterocycles. The molecule has 0 aromatic carbocycles. The summed E-state index contributed by atoms with van der Waals surface area (Å²) < 4.78 is 33.9. The van der Waals surface area contributed by atoms with Gasteiger partial charge in [-0.1, -0.05) is 11.6 Å². The van der Waals surface area contributed by atoms with Gasteiger partial charge in [0.1, 0.15) is 0 Å². The van der Waals surface area contributed by atoms with Crippen LogP contribution in [0.25, 0.3) is 0 Å². The molecule has 0 aliphatic heterocycles. The molecule has 0 N–H and O–H groups in total. The van der Waals surface area contributed by atoms with Gasteiger partial charge in [0, 0.05) is 11.1 Å². The van der Waals surface area contributed by atoms with Gasteiger partial charge in [-0.05, 0) is 6.92 Å². The predicted molar refractivity (Wildman–Crippen MR) is 25.7 cm³/mol. The van der Waals surface area contributed by atoms with Gasteiger partial charge in [0.15, 0.2) is 0 Å². The van der Waals surface area contributed by atoms with Crippen molar-refractivity contribution in [3.05, 3.63) is 11.1 Å². The van der Waals surface area contributed by atoms with Crippen molar-refractivity contribution in [1.29, 1.82) is 0 Å². The Balaban J connectivity index is 4.03. The Labute approximate surface area is 49.9 Å². The highest BCUT2D eigenvalue weighted by molar-refractivity contribution is 6.25. The van der Waals surface area contributed by atoms with Crippen LogP contribution in [0, 0.1) is 0 Å². The van der Waals surface area contributed by atoms with Crippen molar-refractivity contribution in [3.63, 3.8) is 0 Å². The van der Waals surface area contributed by atoms with E-state index >= 15 is 0 Å². The standard InChI is InChI=1S/C4H4ClF3/c1-3(2-5)4(6,7)8/h2H,1H3/b3-2-. The molecule has 0 saturated carbocycles. The first-order valence-electron chi connectivity index (χ1n) is 1.82. The van der Waals surface area contributed by atoms with Crippen molar-refractivity contribution >= 4 is 11.6 Å². The summed E-state index contributed by atoms with van der Waals surface area (Å²) in [5, 5.41) is 0. The van der Waals surface area contributed by atoms with E-state index < -0.39 is 11.7 Å². The summed E-state index contributed by atoms with van der Waals surface area (Å²) >= 11 is 4.75. The number of rotatable bonds is 0. The average molecular weight is 145 g/mol. The van der Waals surface area contributed by atoms with Crippen LogP contribution in [0.1, 0.15) is 6.92 Å². The van der Waals surface area contributed by atoms with E-state index in [2.05, 4.69) is 0 Å². The Bertz CT molecular complexity index is 102. The zero-order valence-corrected chi connectivity index (χ0v) is 4.85. The fraction of sp³-hybridized carbons (Fsp3) is 0.500. The highest BCUT2D eigenvalue weighted by Gasteiger charge is 2.29. The smallest absolute Gasteiger partial charge is 0.166 e. The first-order valence-corrected chi connectivity index (χ1v) is 2.26. The van der Waals surface area contributed by atoms with Gasteiger partial charge in [0.2, 0.25) is 0 Å². The minimum absolute atomic E-state index is 0.514. The van der Waals surface area contributed by atoms with E-state index in [1.54, 1.807) is 0 Å². The molecule has 0 saturated heterocycles. The molecule has 48 valence electrons. The number of allylic oxidation sites excluding steroid dienone is 1. The molecule has 0 aliphatic rings. The maximum absolute atomic E-state index is 11.3. The lowest BCUT2D eigenvalue weighted by atomic mass is 10.3. The molecule has 0 aromatic rings. The SMILES string of the molecule is C/C(=C/Cl)C(F)(F)F. The van der Waals surface area contributed by atoms with Crippen molar-refractivity contribution < 1.29 is 13.2 Å². The minimum Gasteiger partial charge on any atom is -0.166 e. The van der Waals surface area contributed by atoms with Crippen LogP contribution in [-0.4, -0.2) is 6.18 Å². The van der Waals surface area contributed by atoms with Crippen molar-refractivity contribution in [2.24, 2.45) is 0 Å². The molecule has 0 nitrogen and oxygen atoms in total. The Morgan fingerprint density at radius 3 is 1.88 bits per heavy atom. The molecule has 0 spiro atoms. The van der Waals surface area contributed by atoms with Crippen LogP contribution in [0.5, 0.6) is 0 Å². The minimum atomic E-state index is -4.26. The van der Waals surface area contributed by atoms with E-state index in [4.69, 9.17) is 11.6 Å². The molecule has 0 heterocycles. The predicted octanol–water partition coefficient (Wildman–Crippen LogP) is 2.69. The summed E-state index contributed by atoms with van der Waals surface area (Å²) in [4.78, 5) is 0. The molecular formula is C4H4ClF3. The molecule has 0 amide bonds. The van der Waals surface area contributed by atoms with E-state index in [1.165, 1.54) is 0 Å². The highest BCUT2D eigenvalue weighted by atomic mass is 35.5. The Hall–Kier alpha value is -0.180. The van der Waals surface area contributed by atoms with Crippen molar-refractivity contribution in [3.8, 4) is 0 Å². The monoisotopic (exact) mass is 144 g/mol. The van der Waals surface area contributed by atoms with Gasteiger partial charge < -0.3 is 0 Å². The lowest BCUT2D eigenvalue weighted by Gasteiger charge is -2.02. The third kappa shape index (κ3) is 2.21. The number of halogens is 4. The van der Waals surface area contributed by atoms with Crippen molar-refractivity contribution in [1.82, 2.24) is 0 Å². The van der Waals surface area contributed by atoms with Crippen LogP contribution < -0.4 is 0 Å². The molecule has 0 radical (unpaired) electrons. The van der Waals surface area contributed by atoms with Crippen LogP contribution in [0.4, 0.5) is 13.2 Å². The largest absolute Gasteiger partial charge is 0.413 e. The zero-order chi connectivity index (χ0) is 6.78. The van der Waals surface area contributed by atoms with Crippen molar-refractivity contribution in [2.75, 3.05) is 0 Å². The summed E-state index contributed by atoms with van der Waals surface area (Å²) in [7, 11) is 0.